The predicted molar refractivity (Wildman–Crippen MR) is 119 cm³/mol. The van der Waals surface area contributed by atoms with Crippen LogP contribution in [-0.2, 0) is 3.84 Å². The fourth-order valence-electron chi connectivity index (χ4n) is 3.12. The van der Waals surface area contributed by atoms with E-state index in [1.807, 2.05) is 91.0 Å². The number of rotatable bonds is 5. The van der Waals surface area contributed by atoms with E-state index >= 15 is 0 Å². The van der Waals surface area contributed by atoms with Crippen LogP contribution in [0, 0.1) is 0 Å². The van der Waals surface area contributed by atoms with Gasteiger partial charge in [0.05, 0.1) is 23.7 Å². The van der Waals surface area contributed by atoms with Gasteiger partial charge in [-0.05, 0) is 0 Å². The Balaban J connectivity index is 0.000000878. The van der Waals surface area contributed by atoms with Gasteiger partial charge in [-0.25, -0.2) is 0 Å². The van der Waals surface area contributed by atoms with Crippen LogP contribution in [-0.4, -0.2) is 6.43 Å². The summed E-state index contributed by atoms with van der Waals surface area (Å²) in [6.07, 6.45) is -2.69. The zero-order valence-corrected chi connectivity index (χ0v) is 17.9. The summed E-state index contributed by atoms with van der Waals surface area (Å²) < 4.78 is 29.9. The van der Waals surface area contributed by atoms with Gasteiger partial charge in [0.15, 0.2) is 0 Å². The van der Waals surface area contributed by atoms with Crippen molar-refractivity contribution in [3.63, 3.8) is 0 Å². The Labute approximate surface area is 179 Å². The molecule has 0 fully saturated rings. The van der Waals surface area contributed by atoms with E-state index in [9.17, 15) is 8.78 Å². The predicted octanol–water partition coefficient (Wildman–Crippen LogP) is 6.37. The van der Waals surface area contributed by atoms with E-state index in [0.29, 0.717) is 0 Å². The van der Waals surface area contributed by atoms with Gasteiger partial charge in [-0.2, -0.15) is 3.84 Å². The molecule has 148 valence electrons. The van der Waals surface area contributed by atoms with Crippen LogP contribution in [0.2, 0.25) is 0 Å². The van der Waals surface area contributed by atoms with Crippen molar-refractivity contribution < 1.29 is 12.6 Å². The molecule has 3 aromatic carbocycles. The minimum absolute atomic E-state index is 0.400. The van der Waals surface area contributed by atoms with Gasteiger partial charge < -0.3 is 0 Å². The molecule has 3 aromatic rings. The van der Waals surface area contributed by atoms with E-state index in [0.717, 1.165) is 15.9 Å². The maximum atomic E-state index is 13.3. The van der Waals surface area contributed by atoms with E-state index in [-0.39, 0.29) is 0 Å². The van der Waals surface area contributed by atoms with Gasteiger partial charge in [-0.15, -0.1) is 0 Å². The molecule has 0 heterocycles. The Bertz CT molecular complexity index is 766. The van der Waals surface area contributed by atoms with Crippen LogP contribution < -0.4 is 15.9 Å². The molecule has 7 heteroatoms. The van der Waals surface area contributed by atoms with Gasteiger partial charge in [0.25, 0.3) is 0 Å². The third kappa shape index (κ3) is 5.53. The molecule has 28 heavy (non-hydrogen) atoms. The molecule has 0 saturated heterocycles. The molecule has 0 radical (unpaired) electrons. The van der Waals surface area contributed by atoms with Gasteiger partial charge in [0.1, 0.15) is 0 Å². The van der Waals surface area contributed by atoms with Crippen LogP contribution >= 0.6 is 42.6 Å². The van der Waals surface area contributed by atoms with Crippen molar-refractivity contribution in [3.8, 4) is 0 Å². The Morgan fingerprint density at radius 2 is 1.00 bits per heavy atom. The zero-order valence-electron chi connectivity index (χ0n) is 14.6. The number of benzene rings is 3. The van der Waals surface area contributed by atoms with Gasteiger partial charge in [-0.1, -0.05) is 0 Å². The van der Waals surface area contributed by atoms with Gasteiger partial charge in [0.2, 0.25) is 0 Å². The molecule has 0 unspecified atom stereocenters. The molecule has 3 rings (SSSR count). The van der Waals surface area contributed by atoms with Crippen LogP contribution in [0.3, 0.4) is 0 Å². The molecule has 0 aliphatic heterocycles. The van der Waals surface area contributed by atoms with E-state index in [1.165, 1.54) is 0 Å². The van der Waals surface area contributed by atoms with Gasteiger partial charge in [-0.3, -0.25) is 0 Å². The first-order valence-electron chi connectivity index (χ1n) is 8.28. The number of hydrogen-bond acceptors (Lipinski definition) is 1. The molecule has 1 nitrogen and oxygen atoms in total. The Hall–Kier alpha value is -1.48. The van der Waals surface area contributed by atoms with Crippen molar-refractivity contribution in [3.05, 3.63) is 102 Å². The number of hydrogen-bond donors (Lipinski definition) is 0. The standard InChI is InChI=1S/C21H18ClF2P.Cl2O/c22-20(21(23)24)16-25(17-10-4-1-5-11-17,18-12-6-2-7-13-18)19-14-8-3-9-15-19;1-3-2/h1-16,21,25H;. The summed E-state index contributed by atoms with van der Waals surface area (Å²) in [5, 5.41) is 2.66. The SMILES string of the molecule is ClOCl.FC(F)C(Cl)=C[PH](c1ccccc1)(c1ccccc1)c1ccccc1. The van der Waals surface area contributed by atoms with Crippen LogP contribution in [0.5, 0.6) is 0 Å². The average molecular weight is 462 g/mol. The Kier molecular flexibility index (Phi) is 9.37. The van der Waals surface area contributed by atoms with Crippen molar-refractivity contribution in [2.45, 2.75) is 6.43 Å². The normalized spacial score (nSPS) is 12.3. The van der Waals surface area contributed by atoms with Gasteiger partial charge in [0, 0.05) is 0 Å². The Morgan fingerprint density at radius 3 is 1.25 bits per heavy atom. The molecule has 0 amide bonds. The zero-order chi connectivity index (χ0) is 20.4. The summed E-state index contributed by atoms with van der Waals surface area (Å²) in [6.45, 7) is 0. The van der Waals surface area contributed by atoms with Crippen molar-refractivity contribution >= 4 is 58.5 Å². The van der Waals surface area contributed by atoms with Crippen molar-refractivity contribution in [1.29, 1.82) is 0 Å². The van der Waals surface area contributed by atoms with E-state index in [1.54, 1.807) is 5.82 Å². The van der Waals surface area contributed by atoms with E-state index in [4.69, 9.17) is 11.6 Å². The quantitative estimate of drug-likeness (QED) is 0.401. The van der Waals surface area contributed by atoms with Crippen molar-refractivity contribution in [1.82, 2.24) is 0 Å². The first kappa shape index (κ1) is 22.8. The molecule has 0 aliphatic carbocycles. The maximum absolute atomic E-state index is 13.3. The minimum atomic E-state index is -2.82. The first-order chi connectivity index (χ1) is 13.6. The first-order valence-corrected chi connectivity index (χ1v) is 11.4. The second kappa shape index (κ2) is 11.5. The van der Waals surface area contributed by atoms with Gasteiger partial charge >= 0.3 is 152 Å². The number of alkyl halides is 2. The molecule has 0 bridgehead atoms. The Morgan fingerprint density at radius 1 is 0.714 bits per heavy atom. The third-order valence-electron chi connectivity index (χ3n) is 4.25. The summed E-state index contributed by atoms with van der Waals surface area (Å²) in [5.41, 5.74) is 0. The second-order valence-corrected chi connectivity index (χ2v) is 10.3. The summed E-state index contributed by atoms with van der Waals surface area (Å²) in [7, 11) is -2.82. The summed E-state index contributed by atoms with van der Waals surface area (Å²) in [6, 6.07) is 29.4. The van der Waals surface area contributed by atoms with Crippen LogP contribution in [0.1, 0.15) is 0 Å². The molecule has 0 atom stereocenters. The third-order valence-corrected chi connectivity index (χ3v) is 9.18. The average Bonchev–Trinajstić information content (AvgIpc) is 2.74. The van der Waals surface area contributed by atoms with Crippen LogP contribution in [0.4, 0.5) is 8.78 Å². The molecule has 0 N–H and O–H groups in total. The fraction of sp³-hybridized carbons (Fsp3) is 0.0476. The molecular formula is C21H18Cl3F2OP. The summed E-state index contributed by atoms with van der Waals surface area (Å²) in [5.74, 6) is 1.61. The van der Waals surface area contributed by atoms with Crippen LogP contribution in [0.25, 0.3) is 0 Å². The van der Waals surface area contributed by atoms with E-state index in [2.05, 4.69) is 27.6 Å². The molecule has 0 aromatic heterocycles. The number of allylic oxidation sites excluding steroid dienone is 1. The monoisotopic (exact) mass is 460 g/mol. The van der Waals surface area contributed by atoms with Crippen molar-refractivity contribution in [2.24, 2.45) is 0 Å². The van der Waals surface area contributed by atoms with E-state index < -0.39 is 18.7 Å². The molecular weight excluding hydrogens is 444 g/mol. The summed E-state index contributed by atoms with van der Waals surface area (Å²) >= 11 is 14.5. The number of halogens is 5. The molecule has 0 saturated carbocycles. The summed E-state index contributed by atoms with van der Waals surface area (Å²) in [4.78, 5) is 0. The fourth-order valence-corrected chi connectivity index (χ4v) is 7.81. The molecule has 0 spiro atoms. The second-order valence-electron chi connectivity index (χ2n) is 5.79. The topological polar surface area (TPSA) is 9.23 Å². The van der Waals surface area contributed by atoms with Crippen molar-refractivity contribution in [2.75, 3.05) is 0 Å². The van der Waals surface area contributed by atoms with Crippen LogP contribution in [0.15, 0.2) is 102 Å². The molecule has 0 aliphatic rings.